The lowest BCUT2D eigenvalue weighted by molar-refractivity contribution is 0.0129. The van der Waals surface area contributed by atoms with Gasteiger partial charge in [0.1, 0.15) is 0 Å². The first kappa shape index (κ1) is 15.3. The van der Waals surface area contributed by atoms with Crippen molar-refractivity contribution < 1.29 is 4.74 Å². The molecule has 0 amide bonds. The van der Waals surface area contributed by atoms with Crippen molar-refractivity contribution in [3.63, 3.8) is 0 Å². The highest BCUT2D eigenvalue weighted by Crippen LogP contribution is 2.31. The first-order valence-electron chi connectivity index (χ1n) is 7.90. The molecule has 0 spiro atoms. The van der Waals surface area contributed by atoms with Crippen LogP contribution in [0.4, 0.5) is 0 Å². The summed E-state index contributed by atoms with van der Waals surface area (Å²) >= 11 is 0. The van der Waals surface area contributed by atoms with Crippen molar-refractivity contribution in [1.82, 2.24) is 5.32 Å². The number of hydrogen-bond donors (Lipinski definition) is 1. The van der Waals surface area contributed by atoms with E-state index >= 15 is 0 Å². The fourth-order valence-corrected chi connectivity index (χ4v) is 2.93. The Hall–Kier alpha value is -1.12. The molecule has 110 valence electrons. The summed E-state index contributed by atoms with van der Waals surface area (Å²) in [7, 11) is 0. The van der Waals surface area contributed by atoms with Gasteiger partial charge in [0.25, 0.3) is 0 Å². The molecule has 1 aliphatic rings. The highest BCUT2D eigenvalue weighted by molar-refractivity contribution is 5.31. The van der Waals surface area contributed by atoms with Crippen LogP contribution in [0.25, 0.3) is 0 Å². The number of hydrogen-bond acceptors (Lipinski definition) is 2. The normalized spacial score (nSPS) is 19.4. The average molecular weight is 273 g/mol. The Morgan fingerprint density at radius 2 is 2.30 bits per heavy atom. The smallest absolute Gasteiger partial charge is 0.0980 e. The van der Waals surface area contributed by atoms with Crippen molar-refractivity contribution in [2.24, 2.45) is 0 Å². The minimum Gasteiger partial charge on any atom is -0.372 e. The molecule has 0 bridgehead atoms. The SMILES string of the molecule is C=CCCCC(NCCC)C1OCCc2ccccc21. The van der Waals surface area contributed by atoms with E-state index in [0.29, 0.717) is 6.04 Å². The quantitative estimate of drug-likeness (QED) is 0.570. The predicted octanol–water partition coefficient (Wildman–Crippen LogP) is 4.02. The molecule has 2 atom stereocenters. The van der Waals surface area contributed by atoms with Gasteiger partial charge in [-0.15, -0.1) is 6.58 Å². The fourth-order valence-electron chi connectivity index (χ4n) is 2.93. The zero-order valence-corrected chi connectivity index (χ0v) is 12.6. The maximum absolute atomic E-state index is 6.11. The Labute approximate surface area is 123 Å². The Bertz CT molecular complexity index is 416. The third-order valence-corrected chi connectivity index (χ3v) is 3.98. The van der Waals surface area contributed by atoms with Gasteiger partial charge in [0, 0.05) is 6.04 Å². The minimum atomic E-state index is 0.205. The van der Waals surface area contributed by atoms with E-state index in [9.17, 15) is 0 Å². The molecule has 2 heteroatoms. The first-order valence-corrected chi connectivity index (χ1v) is 7.90. The lowest BCUT2D eigenvalue weighted by Gasteiger charge is -2.33. The zero-order valence-electron chi connectivity index (χ0n) is 12.6. The zero-order chi connectivity index (χ0) is 14.2. The monoisotopic (exact) mass is 273 g/mol. The van der Waals surface area contributed by atoms with Gasteiger partial charge < -0.3 is 10.1 Å². The Morgan fingerprint density at radius 3 is 3.10 bits per heavy atom. The number of fused-ring (bicyclic) bond motifs is 1. The molecule has 1 aromatic carbocycles. The van der Waals surface area contributed by atoms with Crippen LogP contribution in [0.5, 0.6) is 0 Å². The van der Waals surface area contributed by atoms with Crippen molar-refractivity contribution in [2.45, 2.75) is 51.2 Å². The predicted molar refractivity (Wildman–Crippen MR) is 85.0 cm³/mol. The summed E-state index contributed by atoms with van der Waals surface area (Å²) in [5.41, 5.74) is 2.83. The van der Waals surface area contributed by atoms with Crippen molar-refractivity contribution in [2.75, 3.05) is 13.2 Å². The summed E-state index contributed by atoms with van der Waals surface area (Å²) in [6, 6.07) is 9.14. The molecule has 1 aromatic rings. The van der Waals surface area contributed by atoms with E-state index in [0.717, 1.165) is 38.8 Å². The number of benzene rings is 1. The van der Waals surface area contributed by atoms with E-state index in [2.05, 4.69) is 43.1 Å². The second kappa shape index (κ2) is 8.23. The minimum absolute atomic E-state index is 0.205. The summed E-state index contributed by atoms with van der Waals surface area (Å²) in [6.45, 7) is 7.93. The third-order valence-electron chi connectivity index (χ3n) is 3.98. The molecule has 1 aliphatic heterocycles. The van der Waals surface area contributed by atoms with Crippen LogP contribution >= 0.6 is 0 Å². The molecule has 2 rings (SSSR count). The molecule has 0 saturated carbocycles. The van der Waals surface area contributed by atoms with E-state index in [-0.39, 0.29) is 6.10 Å². The lowest BCUT2D eigenvalue weighted by atomic mass is 9.91. The number of rotatable bonds is 8. The van der Waals surface area contributed by atoms with E-state index in [1.165, 1.54) is 17.5 Å². The van der Waals surface area contributed by atoms with Crippen molar-refractivity contribution in [3.05, 3.63) is 48.0 Å². The van der Waals surface area contributed by atoms with Crippen molar-refractivity contribution in [3.8, 4) is 0 Å². The van der Waals surface area contributed by atoms with Crippen molar-refractivity contribution >= 4 is 0 Å². The van der Waals surface area contributed by atoms with Crippen molar-refractivity contribution in [1.29, 1.82) is 0 Å². The molecule has 0 saturated heterocycles. The maximum Gasteiger partial charge on any atom is 0.0980 e. The second-order valence-electron chi connectivity index (χ2n) is 5.52. The largest absolute Gasteiger partial charge is 0.372 e. The van der Waals surface area contributed by atoms with Gasteiger partial charge in [-0.3, -0.25) is 0 Å². The van der Waals surface area contributed by atoms with Crippen LogP contribution < -0.4 is 5.32 Å². The van der Waals surface area contributed by atoms with E-state index in [4.69, 9.17) is 4.74 Å². The van der Waals surface area contributed by atoms with Crippen LogP contribution in [0.15, 0.2) is 36.9 Å². The molecule has 20 heavy (non-hydrogen) atoms. The molecule has 1 N–H and O–H groups in total. The van der Waals surface area contributed by atoms with Gasteiger partial charge in [0.15, 0.2) is 0 Å². The summed E-state index contributed by atoms with van der Waals surface area (Å²) in [4.78, 5) is 0. The molecule has 1 heterocycles. The van der Waals surface area contributed by atoms with Crippen LogP contribution in [0.2, 0.25) is 0 Å². The Morgan fingerprint density at radius 1 is 1.45 bits per heavy atom. The summed E-state index contributed by atoms with van der Waals surface area (Å²) < 4.78 is 6.11. The fraction of sp³-hybridized carbons (Fsp3) is 0.556. The van der Waals surface area contributed by atoms with E-state index in [1.54, 1.807) is 0 Å². The number of ether oxygens (including phenoxy) is 1. The van der Waals surface area contributed by atoms with Crippen LogP contribution in [-0.4, -0.2) is 19.2 Å². The van der Waals surface area contributed by atoms with Gasteiger partial charge in [0.05, 0.1) is 12.7 Å². The first-order chi connectivity index (χ1) is 9.86. The Balaban J connectivity index is 2.09. The topological polar surface area (TPSA) is 21.3 Å². The van der Waals surface area contributed by atoms with Gasteiger partial charge in [-0.1, -0.05) is 37.3 Å². The van der Waals surface area contributed by atoms with Crippen LogP contribution in [-0.2, 0) is 11.2 Å². The molecule has 0 radical (unpaired) electrons. The molecular formula is C18H27NO. The van der Waals surface area contributed by atoms with E-state index in [1.807, 2.05) is 6.08 Å². The number of allylic oxidation sites excluding steroid dienone is 1. The van der Waals surface area contributed by atoms with Crippen LogP contribution in [0.3, 0.4) is 0 Å². The van der Waals surface area contributed by atoms with Gasteiger partial charge in [-0.05, 0) is 49.8 Å². The van der Waals surface area contributed by atoms with Crippen LogP contribution in [0, 0.1) is 0 Å². The highest BCUT2D eigenvalue weighted by Gasteiger charge is 2.27. The van der Waals surface area contributed by atoms with Gasteiger partial charge in [0.2, 0.25) is 0 Å². The Kier molecular flexibility index (Phi) is 6.28. The van der Waals surface area contributed by atoms with E-state index < -0.39 is 0 Å². The molecule has 0 aliphatic carbocycles. The maximum atomic E-state index is 6.11. The standard InChI is InChI=1S/C18H27NO/c1-3-5-6-11-17(19-13-4-2)18-16-10-8-7-9-15(16)12-14-20-18/h3,7-10,17-19H,1,4-6,11-14H2,2H3. The highest BCUT2D eigenvalue weighted by atomic mass is 16.5. The lowest BCUT2D eigenvalue weighted by Crippen LogP contribution is -2.38. The van der Waals surface area contributed by atoms with Gasteiger partial charge in [-0.25, -0.2) is 0 Å². The number of unbranched alkanes of at least 4 members (excludes halogenated alkanes) is 1. The second-order valence-corrected chi connectivity index (χ2v) is 5.52. The summed E-state index contributed by atoms with van der Waals surface area (Å²) in [6.07, 6.45) is 7.81. The molecule has 0 aromatic heterocycles. The number of nitrogens with one attached hydrogen (secondary N) is 1. The molecule has 0 fully saturated rings. The van der Waals surface area contributed by atoms with Gasteiger partial charge in [-0.2, -0.15) is 0 Å². The molecule has 2 unspecified atom stereocenters. The average Bonchev–Trinajstić information content (AvgIpc) is 2.50. The third kappa shape index (κ3) is 3.94. The molecular weight excluding hydrogens is 246 g/mol. The van der Waals surface area contributed by atoms with Crippen LogP contribution in [0.1, 0.15) is 49.8 Å². The summed E-state index contributed by atoms with van der Waals surface area (Å²) in [5.74, 6) is 0. The summed E-state index contributed by atoms with van der Waals surface area (Å²) in [5, 5.41) is 3.68. The van der Waals surface area contributed by atoms with Gasteiger partial charge >= 0.3 is 0 Å². The molecule has 2 nitrogen and oxygen atoms in total.